The highest BCUT2D eigenvalue weighted by atomic mass is 16.3. The number of fused-ring (bicyclic) bond motifs is 3. The van der Waals surface area contributed by atoms with E-state index in [1.807, 2.05) is 12.1 Å². The summed E-state index contributed by atoms with van der Waals surface area (Å²) in [4.78, 5) is 9.64. The smallest absolute Gasteiger partial charge is 0.141 e. The number of piperazine rings is 1. The molecule has 0 aliphatic carbocycles. The zero-order valence-corrected chi connectivity index (χ0v) is 12.4. The molecule has 3 heterocycles. The molecule has 21 heavy (non-hydrogen) atoms. The van der Waals surface area contributed by atoms with Gasteiger partial charge in [-0.25, -0.2) is 4.98 Å². The second-order valence-electron chi connectivity index (χ2n) is 6.33. The van der Waals surface area contributed by atoms with Gasteiger partial charge in [0.2, 0.25) is 0 Å². The lowest BCUT2D eigenvalue weighted by Crippen LogP contribution is -2.59. The Morgan fingerprint density at radius 3 is 2.62 bits per heavy atom. The van der Waals surface area contributed by atoms with Crippen molar-refractivity contribution in [2.45, 2.75) is 31.3 Å². The number of aromatic nitrogens is 1. The average molecular weight is 283 g/mol. The third-order valence-electron chi connectivity index (χ3n) is 5.10. The van der Waals surface area contributed by atoms with Crippen LogP contribution < -0.4 is 4.90 Å². The summed E-state index contributed by atoms with van der Waals surface area (Å²) in [5.41, 5.74) is 0.707. The molecule has 0 amide bonds. The molecule has 1 aromatic heterocycles. The van der Waals surface area contributed by atoms with Crippen LogP contribution in [0.5, 0.6) is 5.75 Å². The molecule has 4 heteroatoms. The maximum atomic E-state index is 10.0. The van der Waals surface area contributed by atoms with Gasteiger partial charge < -0.3 is 10.0 Å². The summed E-state index contributed by atoms with van der Waals surface area (Å²) in [6.45, 7) is 2.08. The zero-order chi connectivity index (χ0) is 14.4. The van der Waals surface area contributed by atoms with Crippen molar-refractivity contribution in [3.63, 3.8) is 0 Å². The Balaban J connectivity index is 1.69. The van der Waals surface area contributed by atoms with Crippen LogP contribution in [0.25, 0.3) is 10.9 Å². The van der Waals surface area contributed by atoms with Gasteiger partial charge in [0.25, 0.3) is 0 Å². The van der Waals surface area contributed by atoms with E-state index in [1.165, 1.54) is 19.3 Å². The molecule has 4 nitrogen and oxygen atoms in total. The van der Waals surface area contributed by atoms with E-state index in [1.54, 1.807) is 6.07 Å². The lowest BCUT2D eigenvalue weighted by Gasteiger charge is -2.48. The number of rotatable bonds is 1. The van der Waals surface area contributed by atoms with Crippen LogP contribution >= 0.6 is 0 Å². The second-order valence-corrected chi connectivity index (χ2v) is 6.33. The topological polar surface area (TPSA) is 39.6 Å². The molecule has 0 radical (unpaired) electrons. The van der Waals surface area contributed by atoms with E-state index in [0.717, 1.165) is 24.3 Å². The van der Waals surface area contributed by atoms with E-state index in [4.69, 9.17) is 4.98 Å². The van der Waals surface area contributed by atoms with Gasteiger partial charge in [0.1, 0.15) is 17.1 Å². The highest BCUT2D eigenvalue weighted by Crippen LogP contribution is 2.31. The van der Waals surface area contributed by atoms with Gasteiger partial charge >= 0.3 is 0 Å². The number of hydrogen-bond donors (Lipinski definition) is 1. The van der Waals surface area contributed by atoms with Gasteiger partial charge in [-0.2, -0.15) is 0 Å². The standard InChI is InChI=1S/C17H21N3O/c1-19-13-5-3-6-14(19)11-20(10-13)16-9-8-12-4-2-7-15(21)17(12)18-16/h2,4,7-9,13-14,21H,3,5-6,10-11H2,1H3. The Kier molecular flexibility index (Phi) is 3.00. The third kappa shape index (κ3) is 2.14. The largest absolute Gasteiger partial charge is 0.506 e. The summed E-state index contributed by atoms with van der Waals surface area (Å²) in [5.74, 6) is 1.26. The summed E-state index contributed by atoms with van der Waals surface area (Å²) in [6.07, 6.45) is 3.91. The quantitative estimate of drug-likeness (QED) is 0.873. The number of benzene rings is 1. The molecule has 0 saturated carbocycles. The highest BCUT2D eigenvalue weighted by Gasteiger charge is 2.35. The van der Waals surface area contributed by atoms with Crippen LogP contribution in [0, 0.1) is 0 Å². The molecule has 4 rings (SSSR count). The molecule has 2 aromatic rings. The van der Waals surface area contributed by atoms with Crippen LogP contribution in [-0.2, 0) is 0 Å². The molecule has 0 spiro atoms. The maximum Gasteiger partial charge on any atom is 0.141 e. The molecule has 2 fully saturated rings. The molecule has 110 valence electrons. The van der Waals surface area contributed by atoms with Gasteiger partial charge in [-0.1, -0.05) is 18.6 Å². The summed E-state index contributed by atoms with van der Waals surface area (Å²) in [5, 5.41) is 11.0. The number of pyridine rings is 1. The minimum Gasteiger partial charge on any atom is -0.506 e. The number of para-hydroxylation sites is 1. The number of likely N-dealkylation sites (N-methyl/N-ethyl adjacent to an activating group) is 1. The van der Waals surface area contributed by atoms with Gasteiger partial charge in [0, 0.05) is 30.6 Å². The first-order valence-electron chi connectivity index (χ1n) is 7.78. The first kappa shape index (κ1) is 12.9. The van der Waals surface area contributed by atoms with Crippen LogP contribution in [0.15, 0.2) is 30.3 Å². The average Bonchev–Trinajstić information content (AvgIpc) is 2.47. The molecule has 1 aromatic carbocycles. The van der Waals surface area contributed by atoms with Crippen molar-refractivity contribution in [2.75, 3.05) is 25.0 Å². The number of phenolic OH excluding ortho intramolecular Hbond substituents is 1. The fraction of sp³-hybridized carbons (Fsp3) is 0.471. The van der Waals surface area contributed by atoms with Gasteiger partial charge in [-0.3, -0.25) is 4.90 Å². The normalized spacial score (nSPS) is 26.2. The van der Waals surface area contributed by atoms with Crippen molar-refractivity contribution in [3.05, 3.63) is 30.3 Å². The molecule has 2 aliphatic rings. The van der Waals surface area contributed by atoms with Crippen LogP contribution in [0.1, 0.15) is 19.3 Å². The van der Waals surface area contributed by atoms with E-state index < -0.39 is 0 Å². The molecular weight excluding hydrogens is 262 g/mol. The van der Waals surface area contributed by atoms with Crippen LogP contribution in [0.2, 0.25) is 0 Å². The predicted octanol–water partition coefficient (Wildman–Crippen LogP) is 2.61. The van der Waals surface area contributed by atoms with Gasteiger partial charge in [0.15, 0.2) is 0 Å². The van der Waals surface area contributed by atoms with Gasteiger partial charge in [-0.05, 0) is 38.1 Å². The molecule has 2 saturated heterocycles. The number of piperidine rings is 1. The molecule has 2 bridgehead atoms. The van der Waals surface area contributed by atoms with Crippen LogP contribution in [-0.4, -0.2) is 47.2 Å². The zero-order valence-electron chi connectivity index (χ0n) is 12.4. The molecular formula is C17H21N3O. The van der Waals surface area contributed by atoms with Gasteiger partial charge in [-0.15, -0.1) is 0 Å². The third-order valence-corrected chi connectivity index (χ3v) is 5.10. The van der Waals surface area contributed by atoms with Crippen molar-refractivity contribution >= 4 is 16.7 Å². The monoisotopic (exact) mass is 283 g/mol. The van der Waals surface area contributed by atoms with Gasteiger partial charge in [0.05, 0.1) is 0 Å². The Bertz CT molecular complexity index is 658. The molecule has 2 unspecified atom stereocenters. The summed E-state index contributed by atoms with van der Waals surface area (Å²) in [7, 11) is 2.26. The first-order chi connectivity index (χ1) is 10.2. The van der Waals surface area contributed by atoms with E-state index in [2.05, 4.69) is 29.0 Å². The fourth-order valence-electron chi connectivity index (χ4n) is 3.80. The predicted molar refractivity (Wildman–Crippen MR) is 84.8 cm³/mol. The summed E-state index contributed by atoms with van der Waals surface area (Å²) in [6, 6.07) is 11.0. The van der Waals surface area contributed by atoms with Crippen molar-refractivity contribution in [3.8, 4) is 5.75 Å². The molecule has 2 aliphatic heterocycles. The van der Waals surface area contributed by atoms with Crippen molar-refractivity contribution in [1.29, 1.82) is 0 Å². The van der Waals surface area contributed by atoms with Crippen LogP contribution in [0.3, 0.4) is 0 Å². The van der Waals surface area contributed by atoms with E-state index in [9.17, 15) is 5.11 Å². The first-order valence-corrected chi connectivity index (χ1v) is 7.78. The Hall–Kier alpha value is -1.81. The Morgan fingerprint density at radius 2 is 1.86 bits per heavy atom. The van der Waals surface area contributed by atoms with Crippen molar-refractivity contribution in [1.82, 2.24) is 9.88 Å². The second kappa shape index (κ2) is 4.88. The van der Waals surface area contributed by atoms with Crippen molar-refractivity contribution in [2.24, 2.45) is 0 Å². The summed E-state index contributed by atoms with van der Waals surface area (Å²) >= 11 is 0. The molecule has 1 N–H and O–H groups in total. The fourth-order valence-corrected chi connectivity index (χ4v) is 3.80. The number of anilines is 1. The SMILES string of the molecule is CN1C2CCCC1CN(c1ccc3cccc(O)c3n1)C2. The van der Waals surface area contributed by atoms with E-state index >= 15 is 0 Å². The Morgan fingerprint density at radius 1 is 1.10 bits per heavy atom. The number of hydrogen-bond acceptors (Lipinski definition) is 4. The maximum absolute atomic E-state index is 10.0. The van der Waals surface area contributed by atoms with Crippen molar-refractivity contribution < 1.29 is 5.11 Å². The highest BCUT2D eigenvalue weighted by molar-refractivity contribution is 5.85. The molecule has 2 atom stereocenters. The minimum atomic E-state index is 0.267. The lowest BCUT2D eigenvalue weighted by atomic mass is 9.92. The lowest BCUT2D eigenvalue weighted by molar-refractivity contribution is 0.0947. The number of aromatic hydroxyl groups is 1. The summed E-state index contributed by atoms with van der Waals surface area (Å²) < 4.78 is 0. The number of nitrogens with zero attached hydrogens (tertiary/aromatic N) is 3. The van der Waals surface area contributed by atoms with E-state index in [0.29, 0.717) is 17.6 Å². The number of phenols is 1. The minimum absolute atomic E-state index is 0.267. The van der Waals surface area contributed by atoms with E-state index in [-0.39, 0.29) is 5.75 Å². The Labute approximate surface area is 125 Å². The van der Waals surface area contributed by atoms with Crippen LogP contribution in [0.4, 0.5) is 5.82 Å².